The predicted molar refractivity (Wildman–Crippen MR) is 151 cm³/mol. The van der Waals surface area contributed by atoms with Crippen LogP contribution in [0.5, 0.6) is 5.75 Å². The molecule has 7 aromatic rings. The van der Waals surface area contributed by atoms with Crippen molar-refractivity contribution >= 4 is 21.9 Å². The third kappa shape index (κ3) is 4.43. The number of pyridine rings is 3. The van der Waals surface area contributed by atoms with Crippen molar-refractivity contribution in [3.05, 3.63) is 108 Å². The van der Waals surface area contributed by atoms with Crippen molar-refractivity contribution in [3.63, 3.8) is 0 Å². The lowest BCUT2D eigenvalue weighted by Crippen LogP contribution is -1.96. The number of aryl methyl sites for hydroxylation is 1. The van der Waals surface area contributed by atoms with Gasteiger partial charge in [-0.25, -0.2) is 9.37 Å². The summed E-state index contributed by atoms with van der Waals surface area (Å²) in [4.78, 5) is 21.7. The Morgan fingerprint density at radius 3 is 2.62 bits per heavy atom. The molecule has 0 fully saturated rings. The molecular formula is C31H22FN7O. The Labute approximate surface area is 228 Å². The molecule has 0 radical (unpaired) electrons. The first kappa shape index (κ1) is 23.7. The topological polar surface area (TPSA) is 105 Å². The third-order valence-electron chi connectivity index (χ3n) is 6.65. The van der Waals surface area contributed by atoms with E-state index in [1.54, 1.807) is 24.8 Å². The van der Waals surface area contributed by atoms with E-state index in [-0.39, 0.29) is 5.82 Å². The molecule has 0 aliphatic rings. The lowest BCUT2D eigenvalue weighted by molar-refractivity contribution is 0.305. The van der Waals surface area contributed by atoms with E-state index in [0.717, 1.165) is 38.8 Å². The number of nitrogens with one attached hydrogen (secondary N) is 2. The molecule has 0 unspecified atom stereocenters. The minimum Gasteiger partial charge on any atom is -0.487 e. The van der Waals surface area contributed by atoms with Gasteiger partial charge in [-0.3, -0.25) is 20.1 Å². The number of fused-ring (bicyclic) bond motifs is 2. The standard InChI is InChI=1S/C31H22FN7O/c1-18-9-20(11-22(32)10-18)28-30-25(7-8-34-28)36-31(37-30)29-24-13-26(35-16-27(24)38-39-29)21-12-23(15-33-14-21)40-17-19-5-3-2-4-6-19/h2-16H,17H2,1H3,(H,36,37)(H,38,39). The van der Waals surface area contributed by atoms with Crippen LogP contribution in [-0.4, -0.2) is 35.1 Å². The molecule has 194 valence electrons. The Balaban J connectivity index is 1.25. The average molecular weight is 528 g/mol. The maximum absolute atomic E-state index is 14.2. The predicted octanol–water partition coefficient (Wildman–Crippen LogP) is 6.65. The third-order valence-corrected chi connectivity index (χ3v) is 6.65. The maximum atomic E-state index is 14.2. The van der Waals surface area contributed by atoms with Crippen molar-refractivity contribution in [2.75, 3.05) is 0 Å². The first-order valence-electron chi connectivity index (χ1n) is 12.7. The number of H-pyrrole nitrogens is 2. The van der Waals surface area contributed by atoms with Gasteiger partial charge in [-0.15, -0.1) is 0 Å². The van der Waals surface area contributed by atoms with Crippen molar-refractivity contribution in [2.45, 2.75) is 13.5 Å². The van der Waals surface area contributed by atoms with Crippen LogP contribution >= 0.6 is 0 Å². The normalized spacial score (nSPS) is 11.3. The molecule has 7 rings (SSSR count). The number of ether oxygens (including phenoxy) is 1. The molecule has 2 aromatic carbocycles. The number of aromatic amines is 2. The van der Waals surface area contributed by atoms with Crippen LogP contribution in [-0.2, 0) is 6.61 Å². The van der Waals surface area contributed by atoms with Crippen molar-refractivity contribution in [3.8, 4) is 39.8 Å². The lowest BCUT2D eigenvalue weighted by Gasteiger charge is -2.08. The highest BCUT2D eigenvalue weighted by Gasteiger charge is 2.17. The number of imidazole rings is 1. The Morgan fingerprint density at radius 1 is 0.850 bits per heavy atom. The van der Waals surface area contributed by atoms with Crippen LogP contribution in [0.2, 0.25) is 0 Å². The number of hydrogen-bond acceptors (Lipinski definition) is 6. The number of hydrogen-bond donors (Lipinski definition) is 2. The Morgan fingerprint density at radius 2 is 1.75 bits per heavy atom. The second-order valence-corrected chi connectivity index (χ2v) is 9.53. The second kappa shape index (κ2) is 9.70. The highest BCUT2D eigenvalue weighted by atomic mass is 19.1. The van der Waals surface area contributed by atoms with E-state index < -0.39 is 0 Å². The monoisotopic (exact) mass is 527 g/mol. The summed E-state index contributed by atoms with van der Waals surface area (Å²) in [6.07, 6.45) is 6.87. The molecule has 5 heterocycles. The van der Waals surface area contributed by atoms with Crippen molar-refractivity contribution in [1.82, 2.24) is 35.1 Å². The lowest BCUT2D eigenvalue weighted by atomic mass is 10.1. The number of aromatic nitrogens is 7. The summed E-state index contributed by atoms with van der Waals surface area (Å²) in [6, 6.07) is 20.5. The second-order valence-electron chi connectivity index (χ2n) is 9.53. The molecule has 0 saturated heterocycles. The Kier molecular flexibility index (Phi) is 5.74. The molecule has 0 bridgehead atoms. The van der Waals surface area contributed by atoms with Gasteiger partial charge >= 0.3 is 0 Å². The maximum Gasteiger partial charge on any atom is 0.159 e. The zero-order valence-corrected chi connectivity index (χ0v) is 21.4. The fourth-order valence-electron chi connectivity index (χ4n) is 4.77. The number of benzene rings is 2. The SMILES string of the molecule is Cc1cc(F)cc(-c2nccc3[nH]c(-c4n[nH]c5cnc(-c6cncc(OCc7ccccc7)c6)cc45)nc23)c1. The summed E-state index contributed by atoms with van der Waals surface area (Å²) in [5.74, 6) is 0.909. The highest BCUT2D eigenvalue weighted by Crippen LogP contribution is 2.32. The minimum atomic E-state index is -0.313. The van der Waals surface area contributed by atoms with Gasteiger partial charge in [-0.05, 0) is 54.4 Å². The molecule has 0 spiro atoms. The first-order valence-corrected chi connectivity index (χ1v) is 12.7. The van der Waals surface area contributed by atoms with Crippen molar-refractivity contribution in [2.24, 2.45) is 0 Å². The molecule has 5 aromatic heterocycles. The molecule has 0 aliphatic heterocycles. The smallest absolute Gasteiger partial charge is 0.159 e. The minimum absolute atomic E-state index is 0.313. The van der Waals surface area contributed by atoms with E-state index in [0.29, 0.717) is 40.6 Å². The van der Waals surface area contributed by atoms with Gasteiger partial charge in [-0.1, -0.05) is 30.3 Å². The van der Waals surface area contributed by atoms with E-state index in [9.17, 15) is 4.39 Å². The molecule has 9 heteroatoms. The largest absolute Gasteiger partial charge is 0.487 e. The summed E-state index contributed by atoms with van der Waals surface area (Å²) < 4.78 is 20.1. The molecule has 0 amide bonds. The molecule has 8 nitrogen and oxygen atoms in total. The molecule has 0 atom stereocenters. The zero-order chi connectivity index (χ0) is 27.1. The van der Waals surface area contributed by atoms with E-state index in [1.807, 2.05) is 61.5 Å². The van der Waals surface area contributed by atoms with Crippen molar-refractivity contribution in [1.29, 1.82) is 0 Å². The zero-order valence-electron chi connectivity index (χ0n) is 21.4. The number of halogens is 1. The Hall–Kier alpha value is -5.44. The summed E-state index contributed by atoms with van der Waals surface area (Å²) in [7, 11) is 0. The van der Waals surface area contributed by atoms with Gasteiger partial charge in [-0.2, -0.15) is 5.10 Å². The van der Waals surface area contributed by atoms with Crippen LogP contribution in [0.3, 0.4) is 0 Å². The molecular weight excluding hydrogens is 505 g/mol. The average Bonchev–Trinajstić information content (AvgIpc) is 3.60. The van der Waals surface area contributed by atoms with Gasteiger partial charge in [0.25, 0.3) is 0 Å². The first-order chi connectivity index (χ1) is 19.6. The molecule has 0 aliphatic carbocycles. The quantitative estimate of drug-likeness (QED) is 0.251. The van der Waals surface area contributed by atoms with Gasteiger partial charge in [0.15, 0.2) is 5.82 Å². The van der Waals surface area contributed by atoms with Crippen LogP contribution in [0.4, 0.5) is 4.39 Å². The summed E-state index contributed by atoms with van der Waals surface area (Å²) >= 11 is 0. The van der Waals surface area contributed by atoms with Crippen LogP contribution in [0, 0.1) is 12.7 Å². The summed E-state index contributed by atoms with van der Waals surface area (Å²) in [5, 5.41) is 8.41. The van der Waals surface area contributed by atoms with Gasteiger partial charge in [0.1, 0.15) is 29.4 Å². The number of nitrogens with zero attached hydrogens (tertiary/aromatic N) is 5. The van der Waals surface area contributed by atoms with Gasteiger partial charge in [0.2, 0.25) is 0 Å². The van der Waals surface area contributed by atoms with E-state index >= 15 is 0 Å². The van der Waals surface area contributed by atoms with Crippen LogP contribution < -0.4 is 4.74 Å². The van der Waals surface area contributed by atoms with Gasteiger partial charge in [0, 0.05) is 28.9 Å². The van der Waals surface area contributed by atoms with Crippen LogP contribution in [0.15, 0.2) is 91.5 Å². The van der Waals surface area contributed by atoms with E-state index in [1.165, 1.54) is 12.1 Å². The van der Waals surface area contributed by atoms with Crippen molar-refractivity contribution < 1.29 is 9.13 Å². The molecule has 0 saturated carbocycles. The molecule has 2 N–H and O–H groups in total. The number of rotatable bonds is 6. The fourth-order valence-corrected chi connectivity index (χ4v) is 4.77. The van der Waals surface area contributed by atoms with E-state index in [2.05, 4.69) is 30.1 Å². The fraction of sp³-hybridized carbons (Fsp3) is 0.0645. The van der Waals surface area contributed by atoms with E-state index in [4.69, 9.17) is 9.72 Å². The van der Waals surface area contributed by atoms with Crippen LogP contribution in [0.25, 0.3) is 56.0 Å². The summed E-state index contributed by atoms with van der Waals surface area (Å²) in [5.41, 5.74) is 7.52. The summed E-state index contributed by atoms with van der Waals surface area (Å²) in [6.45, 7) is 2.30. The highest BCUT2D eigenvalue weighted by molar-refractivity contribution is 5.96. The van der Waals surface area contributed by atoms with Gasteiger partial charge < -0.3 is 9.72 Å². The van der Waals surface area contributed by atoms with Gasteiger partial charge in [0.05, 0.1) is 34.8 Å². The molecule has 40 heavy (non-hydrogen) atoms. The van der Waals surface area contributed by atoms with Crippen LogP contribution in [0.1, 0.15) is 11.1 Å². The Bertz CT molecular complexity index is 1980.